The highest BCUT2D eigenvalue weighted by Crippen LogP contribution is 2.18. The number of carbonyl (C=O) groups is 1. The molecule has 1 unspecified atom stereocenters. The van der Waals surface area contributed by atoms with Crippen LogP contribution in [0.15, 0.2) is 30.9 Å². The quantitative estimate of drug-likeness (QED) is 0.462. The number of hydrogen-bond acceptors (Lipinski definition) is 3. The Bertz CT molecular complexity index is 430. The van der Waals surface area contributed by atoms with Gasteiger partial charge in [-0.3, -0.25) is 4.79 Å². The van der Waals surface area contributed by atoms with Gasteiger partial charge in [0.1, 0.15) is 6.10 Å². The average Bonchev–Trinajstić information content (AvgIpc) is 2.34. The zero-order valence-electron chi connectivity index (χ0n) is 10.9. The number of benzene rings is 1. The number of amides is 1. The molecule has 3 N–H and O–H groups in total. The molecule has 4 heteroatoms. The van der Waals surface area contributed by atoms with E-state index in [1.54, 1.807) is 25.1 Å². The van der Waals surface area contributed by atoms with E-state index in [-0.39, 0.29) is 5.91 Å². The average molecular weight is 248 g/mol. The summed E-state index contributed by atoms with van der Waals surface area (Å²) in [6.45, 7) is 7.73. The summed E-state index contributed by atoms with van der Waals surface area (Å²) in [6, 6.07) is 5.41. The summed E-state index contributed by atoms with van der Waals surface area (Å²) in [5, 5.41) is 2.81. The summed E-state index contributed by atoms with van der Waals surface area (Å²) < 4.78 is 5.37. The van der Waals surface area contributed by atoms with Crippen molar-refractivity contribution < 1.29 is 9.53 Å². The van der Waals surface area contributed by atoms with Crippen molar-refractivity contribution >= 4 is 17.3 Å². The van der Waals surface area contributed by atoms with Crippen LogP contribution >= 0.6 is 0 Å². The number of ether oxygens (including phenoxy) is 1. The number of aryl methyl sites for hydroxylation is 1. The molecule has 0 saturated carbocycles. The zero-order chi connectivity index (χ0) is 13.5. The second-order valence-corrected chi connectivity index (χ2v) is 4.15. The first-order valence-corrected chi connectivity index (χ1v) is 5.94. The van der Waals surface area contributed by atoms with Gasteiger partial charge < -0.3 is 15.8 Å². The van der Waals surface area contributed by atoms with Crippen molar-refractivity contribution in [1.29, 1.82) is 0 Å². The molecule has 0 aromatic heterocycles. The molecular weight excluding hydrogens is 228 g/mol. The lowest BCUT2D eigenvalue weighted by atomic mass is 10.2. The molecule has 98 valence electrons. The molecule has 4 nitrogen and oxygen atoms in total. The Balaban J connectivity index is 2.58. The Morgan fingerprint density at radius 2 is 2.33 bits per heavy atom. The summed E-state index contributed by atoms with van der Waals surface area (Å²) >= 11 is 0. The smallest absolute Gasteiger partial charge is 0.253 e. The largest absolute Gasteiger partial charge is 0.399 e. The van der Waals surface area contributed by atoms with Gasteiger partial charge in [-0.2, -0.15) is 0 Å². The van der Waals surface area contributed by atoms with Crippen LogP contribution in [0.1, 0.15) is 18.9 Å². The Morgan fingerprint density at radius 3 is 3.00 bits per heavy atom. The fourth-order valence-corrected chi connectivity index (χ4v) is 1.41. The number of nitrogens with one attached hydrogen (secondary N) is 1. The van der Waals surface area contributed by atoms with Gasteiger partial charge in [0, 0.05) is 11.4 Å². The van der Waals surface area contributed by atoms with Gasteiger partial charge in [0.05, 0.1) is 6.61 Å². The van der Waals surface area contributed by atoms with Gasteiger partial charge in [-0.1, -0.05) is 12.1 Å². The topological polar surface area (TPSA) is 64.3 Å². The van der Waals surface area contributed by atoms with Crippen LogP contribution in [0, 0.1) is 6.92 Å². The van der Waals surface area contributed by atoms with Crippen LogP contribution < -0.4 is 11.1 Å². The van der Waals surface area contributed by atoms with Crippen molar-refractivity contribution in [1.82, 2.24) is 0 Å². The van der Waals surface area contributed by atoms with E-state index in [9.17, 15) is 4.79 Å². The van der Waals surface area contributed by atoms with E-state index >= 15 is 0 Å². The molecule has 1 rings (SSSR count). The minimum absolute atomic E-state index is 0.173. The van der Waals surface area contributed by atoms with Crippen molar-refractivity contribution in [2.45, 2.75) is 26.4 Å². The Hall–Kier alpha value is -1.81. The van der Waals surface area contributed by atoms with E-state index in [0.29, 0.717) is 12.3 Å². The molecule has 1 aromatic carbocycles. The van der Waals surface area contributed by atoms with Crippen LogP contribution in [0.3, 0.4) is 0 Å². The number of rotatable bonds is 6. The minimum Gasteiger partial charge on any atom is -0.399 e. The first-order valence-electron chi connectivity index (χ1n) is 5.94. The van der Waals surface area contributed by atoms with Gasteiger partial charge in [-0.25, -0.2) is 0 Å². The molecule has 0 aliphatic heterocycles. The lowest BCUT2D eigenvalue weighted by Gasteiger charge is -2.14. The molecule has 0 aliphatic rings. The number of hydrogen-bond donors (Lipinski definition) is 2. The van der Waals surface area contributed by atoms with Gasteiger partial charge in [0.15, 0.2) is 0 Å². The number of nitrogen functional groups attached to an aromatic ring is 1. The third-order valence-electron chi connectivity index (χ3n) is 2.58. The lowest BCUT2D eigenvalue weighted by molar-refractivity contribution is -0.126. The van der Waals surface area contributed by atoms with Gasteiger partial charge in [-0.05, 0) is 38.0 Å². The highest BCUT2D eigenvalue weighted by molar-refractivity contribution is 5.95. The van der Waals surface area contributed by atoms with Crippen molar-refractivity contribution in [3.05, 3.63) is 36.4 Å². The SMILES string of the molecule is C=CCCOC(C)C(=O)Nc1cc(N)ccc1C. The maximum atomic E-state index is 11.9. The molecule has 0 aliphatic carbocycles. The minimum atomic E-state index is -0.495. The van der Waals surface area contributed by atoms with E-state index in [1.807, 2.05) is 13.0 Å². The summed E-state index contributed by atoms with van der Waals surface area (Å²) in [6.07, 6.45) is 1.99. The van der Waals surface area contributed by atoms with Crippen LogP contribution in [-0.4, -0.2) is 18.6 Å². The molecule has 0 bridgehead atoms. The molecule has 0 spiro atoms. The van der Waals surface area contributed by atoms with E-state index in [0.717, 1.165) is 17.7 Å². The molecule has 1 amide bonds. The van der Waals surface area contributed by atoms with Crippen molar-refractivity contribution in [3.63, 3.8) is 0 Å². The number of nitrogens with two attached hydrogens (primary N) is 1. The fraction of sp³-hybridized carbons (Fsp3) is 0.357. The summed E-state index contributed by atoms with van der Waals surface area (Å²) in [5.74, 6) is -0.173. The molecule has 0 saturated heterocycles. The second kappa shape index (κ2) is 6.81. The van der Waals surface area contributed by atoms with E-state index in [1.165, 1.54) is 0 Å². The molecule has 1 aromatic rings. The Kier molecular flexibility index (Phi) is 5.39. The zero-order valence-corrected chi connectivity index (χ0v) is 10.9. The highest BCUT2D eigenvalue weighted by atomic mass is 16.5. The van der Waals surface area contributed by atoms with Crippen LogP contribution in [0.25, 0.3) is 0 Å². The van der Waals surface area contributed by atoms with Crippen molar-refractivity contribution in [2.75, 3.05) is 17.7 Å². The molecule has 1 atom stereocenters. The molecule has 0 radical (unpaired) electrons. The predicted octanol–water partition coefficient (Wildman–Crippen LogP) is 2.50. The van der Waals surface area contributed by atoms with Crippen LogP contribution in [0.5, 0.6) is 0 Å². The van der Waals surface area contributed by atoms with Gasteiger partial charge in [0.2, 0.25) is 0 Å². The first-order chi connectivity index (χ1) is 8.54. The molecular formula is C14H20N2O2. The Morgan fingerprint density at radius 1 is 1.61 bits per heavy atom. The second-order valence-electron chi connectivity index (χ2n) is 4.15. The normalized spacial score (nSPS) is 11.9. The van der Waals surface area contributed by atoms with E-state index in [2.05, 4.69) is 11.9 Å². The molecule has 0 fully saturated rings. The van der Waals surface area contributed by atoms with E-state index < -0.39 is 6.10 Å². The third kappa shape index (κ3) is 4.22. The van der Waals surface area contributed by atoms with Crippen LogP contribution in [0.2, 0.25) is 0 Å². The van der Waals surface area contributed by atoms with Gasteiger partial charge in [0.25, 0.3) is 5.91 Å². The maximum absolute atomic E-state index is 11.9. The van der Waals surface area contributed by atoms with Crippen LogP contribution in [-0.2, 0) is 9.53 Å². The fourth-order valence-electron chi connectivity index (χ4n) is 1.41. The Labute approximate surface area is 108 Å². The van der Waals surface area contributed by atoms with Gasteiger partial charge >= 0.3 is 0 Å². The van der Waals surface area contributed by atoms with Crippen LogP contribution in [0.4, 0.5) is 11.4 Å². The van der Waals surface area contributed by atoms with Crippen molar-refractivity contribution in [3.8, 4) is 0 Å². The summed E-state index contributed by atoms with van der Waals surface area (Å²) in [4.78, 5) is 11.9. The highest BCUT2D eigenvalue weighted by Gasteiger charge is 2.14. The summed E-state index contributed by atoms with van der Waals surface area (Å²) in [7, 11) is 0. The standard InChI is InChI=1S/C14H20N2O2/c1-4-5-8-18-11(3)14(17)16-13-9-12(15)7-6-10(13)2/h4,6-7,9,11H,1,5,8,15H2,2-3H3,(H,16,17). The maximum Gasteiger partial charge on any atom is 0.253 e. The first kappa shape index (κ1) is 14.3. The number of anilines is 2. The predicted molar refractivity (Wildman–Crippen MR) is 74.4 cm³/mol. The number of carbonyl (C=O) groups excluding carboxylic acids is 1. The third-order valence-corrected chi connectivity index (χ3v) is 2.58. The monoisotopic (exact) mass is 248 g/mol. The molecule has 18 heavy (non-hydrogen) atoms. The van der Waals surface area contributed by atoms with E-state index in [4.69, 9.17) is 10.5 Å². The lowest BCUT2D eigenvalue weighted by Crippen LogP contribution is -2.28. The van der Waals surface area contributed by atoms with Gasteiger partial charge in [-0.15, -0.1) is 6.58 Å². The molecule has 0 heterocycles. The summed E-state index contributed by atoms with van der Waals surface area (Å²) in [5.41, 5.74) is 8.00. The van der Waals surface area contributed by atoms with Crippen molar-refractivity contribution in [2.24, 2.45) is 0 Å².